The van der Waals surface area contributed by atoms with Gasteiger partial charge in [0.15, 0.2) is 0 Å². The van der Waals surface area contributed by atoms with Gasteiger partial charge in [-0.3, -0.25) is 0 Å². The first-order chi connectivity index (χ1) is 4.84. The fourth-order valence-corrected chi connectivity index (χ4v) is 1.29. The Morgan fingerprint density at radius 2 is 2.00 bits per heavy atom. The minimum absolute atomic E-state index is 0.578. The number of hydrogen-bond donors (Lipinski definition) is 2. The molecule has 4 N–H and O–H groups in total. The van der Waals surface area contributed by atoms with E-state index >= 15 is 0 Å². The van der Waals surface area contributed by atoms with Gasteiger partial charge in [0.2, 0.25) is 0 Å². The summed E-state index contributed by atoms with van der Waals surface area (Å²) >= 11 is 1.55. The van der Waals surface area contributed by atoms with Gasteiger partial charge >= 0.3 is 0 Å². The topological polar surface area (TPSA) is 52.0 Å². The molecular formula is C7H10N2S. The van der Waals surface area contributed by atoms with Crippen molar-refractivity contribution < 1.29 is 0 Å². The highest BCUT2D eigenvalue weighted by Crippen LogP contribution is 2.22. The van der Waals surface area contributed by atoms with Crippen LogP contribution in [0.15, 0.2) is 29.2 Å². The second-order valence-electron chi connectivity index (χ2n) is 1.85. The van der Waals surface area contributed by atoms with Crippen LogP contribution < -0.4 is 11.5 Å². The first kappa shape index (κ1) is 7.44. The molecule has 0 spiro atoms. The summed E-state index contributed by atoms with van der Waals surface area (Å²) in [6.07, 6.45) is 0. The van der Waals surface area contributed by atoms with Gasteiger partial charge in [-0.2, -0.15) is 0 Å². The molecule has 0 aliphatic carbocycles. The highest BCUT2D eigenvalue weighted by molar-refractivity contribution is 7.99. The van der Waals surface area contributed by atoms with Crippen LogP contribution in [0.4, 0.5) is 5.69 Å². The molecule has 2 nitrogen and oxygen atoms in total. The van der Waals surface area contributed by atoms with Crippen molar-refractivity contribution in [2.45, 2.75) is 4.90 Å². The van der Waals surface area contributed by atoms with E-state index in [2.05, 4.69) is 0 Å². The zero-order valence-corrected chi connectivity index (χ0v) is 6.40. The SMILES string of the molecule is NCSc1ccccc1N. The lowest BCUT2D eigenvalue weighted by molar-refractivity contribution is 1.37. The van der Waals surface area contributed by atoms with Crippen LogP contribution in [0.5, 0.6) is 0 Å². The summed E-state index contributed by atoms with van der Waals surface area (Å²) in [6.45, 7) is 0. The van der Waals surface area contributed by atoms with Gasteiger partial charge in [0.05, 0.1) is 0 Å². The zero-order chi connectivity index (χ0) is 7.40. The van der Waals surface area contributed by atoms with E-state index in [1.165, 1.54) is 0 Å². The van der Waals surface area contributed by atoms with E-state index in [9.17, 15) is 0 Å². The molecule has 0 unspecified atom stereocenters. The van der Waals surface area contributed by atoms with E-state index in [4.69, 9.17) is 11.5 Å². The van der Waals surface area contributed by atoms with Crippen LogP contribution in [0, 0.1) is 0 Å². The number of para-hydroxylation sites is 1. The molecule has 0 fully saturated rings. The normalized spacial score (nSPS) is 9.70. The van der Waals surface area contributed by atoms with Crippen LogP contribution in [-0.4, -0.2) is 5.88 Å². The van der Waals surface area contributed by atoms with Crippen LogP contribution in [0.25, 0.3) is 0 Å². The van der Waals surface area contributed by atoms with Crippen molar-refractivity contribution in [3.05, 3.63) is 24.3 Å². The number of hydrogen-bond acceptors (Lipinski definition) is 3. The van der Waals surface area contributed by atoms with Gasteiger partial charge in [0.1, 0.15) is 0 Å². The molecule has 1 aromatic carbocycles. The number of nitrogen functional groups attached to an aromatic ring is 1. The van der Waals surface area contributed by atoms with Gasteiger partial charge in [0, 0.05) is 16.5 Å². The maximum absolute atomic E-state index is 5.63. The summed E-state index contributed by atoms with van der Waals surface area (Å²) in [5.74, 6) is 0.578. The molecule has 1 rings (SSSR count). The minimum Gasteiger partial charge on any atom is -0.398 e. The Labute approximate surface area is 64.6 Å². The Morgan fingerprint density at radius 1 is 1.30 bits per heavy atom. The van der Waals surface area contributed by atoms with Crippen molar-refractivity contribution in [3.63, 3.8) is 0 Å². The van der Waals surface area contributed by atoms with Crippen molar-refractivity contribution in [2.75, 3.05) is 11.6 Å². The molecule has 0 saturated heterocycles. The van der Waals surface area contributed by atoms with Gasteiger partial charge in [-0.25, -0.2) is 0 Å². The fourth-order valence-electron chi connectivity index (χ4n) is 0.702. The molecule has 0 aliphatic rings. The zero-order valence-electron chi connectivity index (χ0n) is 5.58. The molecule has 0 amide bonds. The number of anilines is 1. The molecule has 10 heavy (non-hydrogen) atoms. The van der Waals surface area contributed by atoms with Gasteiger partial charge < -0.3 is 11.5 Å². The predicted molar refractivity (Wildman–Crippen MR) is 45.8 cm³/mol. The molecule has 0 saturated carbocycles. The van der Waals surface area contributed by atoms with Crippen molar-refractivity contribution >= 4 is 17.4 Å². The molecule has 0 aromatic heterocycles. The average molecular weight is 154 g/mol. The van der Waals surface area contributed by atoms with Gasteiger partial charge in [0.25, 0.3) is 0 Å². The molecule has 0 aliphatic heterocycles. The first-order valence-corrected chi connectivity index (χ1v) is 4.00. The molecule has 1 aromatic rings. The molecule has 0 radical (unpaired) electrons. The lowest BCUT2D eigenvalue weighted by Crippen LogP contribution is -1.94. The highest BCUT2D eigenvalue weighted by atomic mass is 32.2. The second-order valence-corrected chi connectivity index (χ2v) is 2.91. The fraction of sp³-hybridized carbons (Fsp3) is 0.143. The lowest BCUT2D eigenvalue weighted by atomic mass is 10.3. The standard InChI is InChI=1S/C7H10N2S/c8-5-10-7-4-2-1-3-6(7)9/h1-4H,5,8-9H2. The maximum Gasteiger partial charge on any atom is 0.0452 e. The molecule has 54 valence electrons. The van der Waals surface area contributed by atoms with Crippen LogP contribution in [-0.2, 0) is 0 Å². The Balaban J connectivity index is 2.81. The Kier molecular flexibility index (Phi) is 2.59. The third kappa shape index (κ3) is 1.65. The van der Waals surface area contributed by atoms with Crippen LogP contribution in [0.3, 0.4) is 0 Å². The lowest BCUT2D eigenvalue weighted by Gasteiger charge is -2.00. The van der Waals surface area contributed by atoms with Crippen LogP contribution >= 0.6 is 11.8 Å². The van der Waals surface area contributed by atoms with Gasteiger partial charge in [-0.15, -0.1) is 11.8 Å². The van der Waals surface area contributed by atoms with Gasteiger partial charge in [-0.05, 0) is 12.1 Å². The largest absolute Gasteiger partial charge is 0.398 e. The van der Waals surface area contributed by atoms with E-state index in [0.29, 0.717) is 5.88 Å². The quantitative estimate of drug-likeness (QED) is 0.383. The van der Waals surface area contributed by atoms with E-state index in [-0.39, 0.29) is 0 Å². The maximum atomic E-state index is 5.63. The number of nitrogens with two attached hydrogens (primary N) is 2. The second kappa shape index (κ2) is 3.49. The monoisotopic (exact) mass is 154 g/mol. The summed E-state index contributed by atoms with van der Waals surface area (Å²) in [6, 6.07) is 7.70. The van der Waals surface area contributed by atoms with Crippen LogP contribution in [0.2, 0.25) is 0 Å². The van der Waals surface area contributed by atoms with Crippen molar-refractivity contribution in [2.24, 2.45) is 5.73 Å². The van der Waals surface area contributed by atoms with E-state index in [1.54, 1.807) is 11.8 Å². The number of benzene rings is 1. The van der Waals surface area contributed by atoms with Crippen LogP contribution in [0.1, 0.15) is 0 Å². The smallest absolute Gasteiger partial charge is 0.0452 e. The summed E-state index contributed by atoms with van der Waals surface area (Å²) < 4.78 is 0. The van der Waals surface area contributed by atoms with E-state index in [1.807, 2.05) is 24.3 Å². The summed E-state index contributed by atoms with van der Waals surface area (Å²) in [4.78, 5) is 1.06. The minimum atomic E-state index is 0.578. The van der Waals surface area contributed by atoms with Crippen molar-refractivity contribution in [1.82, 2.24) is 0 Å². The van der Waals surface area contributed by atoms with Crippen molar-refractivity contribution in [3.8, 4) is 0 Å². The van der Waals surface area contributed by atoms with E-state index in [0.717, 1.165) is 10.6 Å². The summed E-state index contributed by atoms with van der Waals surface area (Å²) in [5, 5.41) is 0. The predicted octanol–water partition coefficient (Wildman–Crippen LogP) is 1.28. The first-order valence-electron chi connectivity index (χ1n) is 3.02. The number of thioether (sulfide) groups is 1. The number of rotatable bonds is 2. The molecule has 0 heterocycles. The van der Waals surface area contributed by atoms with Crippen molar-refractivity contribution in [1.29, 1.82) is 0 Å². The highest BCUT2D eigenvalue weighted by Gasteiger charge is 1.93. The third-order valence-corrected chi connectivity index (χ3v) is 2.01. The molecular weight excluding hydrogens is 144 g/mol. The molecule has 0 bridgehead atoms. The Morgan fingerprint density at radius 3 is 2.60 bits per heavy atom. The Hall–Kier alpha value is -0.670. The summed E-state index contributed by atoms with van der Waals surface area (Å²) in [5.41, 5.74) is 11.8. The molecule has 0 atom stereocenters. The third-order valence-electron chi connectivity index (χ3n) is 1.16. The Bertz CT molecular complexity index is 213. The van der Waals surface area contributed by atoms with Gasteiger partial charge in [-0.1, -0.05) is 12.1 Å². The van der Waals surface area contributed by atoms with E-state index < -0.39 is 0 Å². The average Bonchev–Trinajstić information content (AvgIpc) is 1.94. The summed E-state index contributed by atoms with van der Waals surface area (Å²) in [7, 11) is 0. The molecule has 3 heteroatoms.